The summed E-state index contributed by atoms with van der Waals surface area (Å²) >= 11 is 0. The fourth-order valence-corrected chi connectivity index (χ4v) is 2.08. The molecule has 2 rings (SSSR count). The minimum Gasteiger partial charge on any atom is -0.478 e. The first kappa shape index (κ1) is 14.3. The van der Waals surface area contributed by atoms with Gasteiger partial charge in [-0.3, -0.25) is 4.68 Å². The highest BCUT2D eigenvalue weighted by atomic mass is 16.4. The molecule has 0 spiro atoms. The molecule has 0 aliphatic rings. The van der Waals surface area contributed by atoms with Crippen molar-refractivity contribution in [2.24, 2.45) is 0 Å². The summed E-state index contributed by atoms with van der Waals surface area (Å²) in [6, 6.07) is 6.91. The van der Waals surface area contributed by atoms with E-state index in [9.17, 15) is 4.79 Å². The van der Waals surface area contributed by atoms with E-state index in [1.54, 1.807) is 12.1 Å². The van der Waals surface area contributed by atoms with Crippen molar-refractivity contribution >= 4 is 5.97 Å². The second-order valence-corrected chi connectivity index (χ2v) is 4.68. The zero-order valence-electron chi connectivity index (χ0n) is 11.8. The van der Waals surface area contributed by atoms with Crippen molar-refractivity contribution in [1.82, 2.24) is 15.1 Å². The van der Waals surface area contributed by atoms with E-state index in [0.29, 0.717) is 12.1 Å². The second kappa shape index (κ2) is 6.34. The summed E-state index contributed by atoms with van der Waals surface area (Å²) in [6.07, 6.45) is 1.89. The average molecular weight is 273 g/mol. The van der Waals surface area contributed by atoms with Crippen LogP contribution in [0.3, 0.4) is 0 Å². The van der Waals surface area contributed by atoms with Gasteiger partial charge in [-0.2, -0.15) is 5.10 Å². The number of carboxylic acid groups (broad SMARTS) is 1. The smallest absolute Gasteiger partial charge is 0.335 e. The lowest BCUT2D eigenvalue weighted by atomic mass is 10.1. The van der Waals surface area contributed by atoms with Gasteiger partial charge in [0.1, 0.15) is 0 Å². The van der Waals surface area contributed by atoms with Gasteiger partial charge < -0.3 is 10.4 Å². The van der Waals surface area contributed by atoms with Gasteiger partial charge in [0.05, 0.1) is 11.8 Å². The number of hydrogen-bond donors (Lipinski definition) is 2. The number of hydrogen-bond acceptors (Lipinski definition) is 3. The van der Waals surface area contributed by atoms with Crippen LogP contribution in [0.15, 0.2) is 30.5 Å². The molecule has 0 aliphatic carbocycles. The summed E-state index contributed by atoms with van der Waals surface area (Å²) in [5, 5.41) is 16.5. The number of carbonyl (C=O) groups is 1. The minimum atomic E-state index is -0.896. The second-order valence-electron chi connectivity index (χ2n) is 4.68. The first-order chi connectivity index (χ1) is 9.61. The standard InChI is InChI=1S/C15H19N3O2/c1-3-18-11(2)14(10-17-18)9-16-8-12-4-6-13(7-5-12)15(19)20/h4-7,10,16H,3,8-9H2,1-2H3,(H,19,20). The third-order valence-electron chi connectivity index (χ3n) is 3.35. The van der Waals surface area contributed by atoms with Crippen LogP contribution >= 0.6 is 0 Å². The highest BCUT2D eigenvalue weighted by Gasteiger charge is 2.05. The molecule has 0 amide bonds. The molecule has 1 aromatic heterocycles. The van der Waals surface area contributed by atoms with Crippen molar-refractivity contribution in [2.45, 2.75) is 33.5 Å². The Morgan fingerprint density at radius 1 is 1.30 bits per heavy atom. The van der Waals surface area contributed by atoms with E-state index in [4.69, 9.17) is 5.11 Å². The molecule has 2 N–H and O–H groups in total. The van der Waals surface area contributed by atoms with Crippen LogP contribution in [0.5, 0.6) is 0 Å². The highest BCUT2D eigenvalue weighted by Crippen LogP contribution is 2.08. The van der Waals surface area contributed by atoms with Gasteiger partial charge in [0.2, 0.25) is 0 Å². The number of carboxylic acids is 1. The van der Waals surface area contributed by atoms with Crippen LogP contribution in [0.2, 0.25) is 0 Å². The third kappa shape index (κ3) is 3.24. The predicted octanol–water partition coefficient (Wildman–Crippen LogP) is 2.20. The molecule has 5 heteroatoms. The number of nitrogens with zero attached hydrogens (tertiary/aromatic N) is 2. The van der Waals surface area contributed by atoms with Gasteiger partial charge in [0.15, 0.2) is 0 Å². The maximum Gasteiger partial charge on any atom is 0.335 e. The van der Waals surface area contributed by atoms with Crippen LogP contribution in [0.1, 0.15) is 34.1 Å². The van der Waals surface area contributed by atoms with Crippen LogP contribution < -0.4 is 5.32 Å². The zero-order chi connectivity index (χ0) is 14.5. The molecule has 0 radical (unpaired) electrons. The summed E-state index contributed by atoms with van der Waals surface area (Å²) < 4.78 is 1.97. The summed E-state index contributed by atoms with van der Waals surface area (Å²) in [5.74, 6) is -0.896. The fourth-order valence-electron chi connectivity index (χ4n) is 2.08. The van der Waals surface area contributed by atoms with Gasteiger partial charge in [-0.05, 0) is 31.5 Å². The number of benzene rings is 1. The predicted molar refractivity (Wildman–Crippen MR) is 76.6 cm³/mol. The molecule has 0 unspecified atom stereocenters. The number of rotatable bonds is 6. The maximum atomic E-state index is 10.8. The van der Waals surface area contributed by atoms with Gasteiger partial charge in [0.25, 0.3) is 0 Å². The Kier molecular flexibility index (Phi) is 4.53. The Morgan fingerprint density at radius 3 is 2.55 bits per heavy atom. The maximum absolute atomic E-state index is 10.8. The lowest BCUT2D eigenvalue weighted by Gasteiger charge is -2.06. The number of aryl methyl sites for hydroxylation is 1. The largest absolute Gasteiger partial charge is 0.478 e. The molecule has 1 heterocycles. The Morgan fingerprint density at radius 2 is 2.00 bits per heavy atom. The summed E-state index contributed by atoms with van der Waals surface area (Å²) in [7, 11) is 0. The van der Waals surface area contributed by atoms with Crippen LogP contribution in [0.4, 0.5) is 0 Å². The highest BCUT2D eigenvalue weighted by molar-refractivity contribution is 5.87. The molecular weight excluding hydrogens is 254 g/mol. The molecule has 0 fully saturated rings. The van der Waals surface area contributed by atoms with Crippen LogP contribution in [0, 0.1) is 6.92 Å². The van der Waals surface area contributed by atoms with Crippen LogP contribution in [-0.2, 0) is 19.6 Å². The average Bonchev–Trinajstić information content (AvgIpc) is 2.80. The van der Waals surface area contributed by atoms with Gasteiger partial charge in [-0.1, -0.05) is 12.1 Å². The summed E-state index contributed by atoms with van der Waals surface area (Å²) in [4.78, 5) is 10.8. The Bertz CT molecular complexity index is 588. The topological polar surface area (TPSA) is 67.2 Å². The van der Waals surface area contributed by atoms with E-state index in [2.05, 4.69) is 24.3 Å². The Balaban J connectivity index is 1.89. The van der Waals surface area contributed by atoms with Crippen molar-refractivity contribution in [3.05, 3.63) is 52.8 Å². The van der Waals surface area contributed by atoms with E-state index < -0.39 is 5.97 Å². The van der Waals surface area contributed by atoms with E-state index in [-0.39, 0.29) is 0 Å². The van der Waals surface area contributed by atoms with Crippen LogP contribution in [0.25, 0.3) is 0 Å². The first-order valence-electron chi connectivity index (χ1n) is 6.66. The molecule has 106 valence electrons. The lowest BCUT2D eigenvalue weighted by Crippen LogP contribution is -2.13. The zero-order valence-corrected chi connectivity index (χ0v) is 11.8. The van der Waals surface area contributed by atoms with Gasteiger partial charge in [-0.15, -0.1) is 0 Å². The third-order valence-corrected chi connectivity index (χ3v) is 3.35. The molecule has 5 nitrogen and oxygen atoms in total. The quantitative estimate of drug-likeness (QED) is 0.846. The molecule has 0 atom stereocenters. The number of aromatic carboxylic acids is 1. The van der Waals surface area contributed by atoms with Crippen molar-refractivity contribution in [3.63, 3.8) is 0 Å². The van der Waals surface area contributed by atoms with E-state index in [1.165, 1.54) is 11.3 Å². The lowest BCUT2D eigenvalue weighted by molar-refractivity contribution is 0.0697. The van der Waals surface area contributed by atoms with Crippen molar-refractivity contribution in [1.29, 1.82) is 0 Å². The molecule has 0 saturated carbocycles. The van der Waals surface area contributed by atoms with Crippen molar-refractivity contribution in [2.75, 3.05) is 0 Å². The first-order valence-corrected chi connectivity index (χ1v) is 6.66. The van der Waals surface area contributed by atoms with Crippen LogP contribution in [-0.4, -0.2) is 20.9 Å². The Hall–Kier alpha value is -2.14. The van der Waals surface area contributed by atoms with Gasteiger partial charge in [0, 0.05) is 30.9 Å². The van der Waals surface area contributed by atoms with Crippen molar-refractivity contribution in [3.8, 4) is 0 Å². The molecule has 0 aliphatic heterocycles. The molecule has 0 saturated heterocycles. The number of aromatic nitrogens is 2. The molecule has 2 aromatic rings. The van der Waals surface area contributed by atoms with E-state index in [1.807, 2.05) is 23.0 Å². The molecule has 1 aromatic carbocycles. The summed E-state index contributed by atoms with van der Waals surface area (Å²) in [6.45, 7) is 6.47. The summed E-state index contributed by atoms with van der Waals surface area (Å²) in [5.41, 5.74) is 3.75. The molecule has 0 bridgehead atoms. The molecule has 20 heavy (non-hydrogen) atoms. The SMILES string of the molecule is CCn1ncc(CNCc2ccc(C(=O)O)cc2)c1C. The Labute approximate surface area is 118 Å². The van der Waals surface area contributed by atoms with Crippen molar-refractivity contribution < 1.29 is 9.90 Å². The monoisotopic (exact) mass is 273 g/mol. The van der Waals surface area contributed by atoms with Gasteiger partial charge >= 0.3 is 5.97 Å². The van der Waals surface area contributed by atoms with E-state index in [0.717, 1.165) is 18.7 Å². The number of nitrogens with one attached hydrogen (secondary N) is 1. The van der Waals surface area contributed by atoms with E-state index >= 15 is 0 Å². The normalized spacial score (nSPS) is 10.7. The minimum absolute atomic E-state index is 0.314. The molecular formula is C15H19N3O2. The van der Waals surface area contributed by atoms with Gasteiger partial charge in [-0.25, -0.2) is 4.79 Å². The fraction of sp³-hybridized carbons (Fsp3) is 0.333.